The van der Waals surface area contributed by atoms with E-state index in [1.165, 1.54) is 0 Å². The first-order chi connectivity index (χ1) is 9.86. The van der Waals surface area contributed by atoms with E-state index in [0.717, 1.165) is 16.8 Å². The fraction of sp³-hybridized carbons (Fsp3) is 0.100. The van der Waals surface area contributed by atoms with Crippen molar-refractivity contribution in [1.29, 1.82) is 0 Å². The summed E-state index contributed by atoms with van der Waals surface area (Å²) in [7, 11) is 0. The molecule has 0 aliphatic rings. The zero-order valence-electron chi connectivity index (χ0n) is 10.1. The van der Waals surface area contributed by atoms with Gasteiger partial charge in [0, 0.05) is 27.1 Å². The van der Waals surface area contributed by atoms with Gasteiger partial charge in [-0.25, -0.2) is 8.78 Å². The number of hydrogen-bond acceptors (Lipinski definition) is 5. The van der Waals surface area contributed by atoms with E-state index < -0.39 is 35.0 Å². The number of anilines is 1. The maximum atomic E-state index is 13.4. The first-order valence-corrected chi connectivity index (χ1v) is 6.16. The number of nitrogens with one attached hydrogen (secondary N) is 1. The van der Waals surface area contributed by atoms with Gasteiger partial charge in [0.1, 0.15) is 18.2 Å². The Morgan fingerprint density at radius 2 is 2.19 bits per heavy atom. The van der Waals surface area contributed by atoms with Gasteiger partial charge in [-0.05, 0) is 22.0 Å². The standard InChI is InChI=1S/C10H6BrF2N5O3/c11-9-15-10(18(20)21)16-17(9)4-8(19)14-7-2-1-5(12)3-6(7)13/h1-3H,4H2,(H,14,19). The van der Waals surface area contributed by atoms with Crippen LogP contribution < -0.4 is 5.32 Å². The zero-order chi connectivity index (χ0) is 15.6. The Balaban J connectivity index is 2.10. The number of benzene rings is 1. The molecular weight excluding hydrogens is 356 g/mol. The third-order valence-corrected chi connectivity index (χ3v) is 2.86. The summed E-state index contributed by atoms with van der Waals surface area (Å²) in [5.41, 5.74) is -0.216. The minimum atomic E-state index is -0.938. The molecule has 1 aromatic heterocycles. The summed E-state index contributed by atoms with van der Waals surface area (Å²) in [6.45, 7) is -0.432. The van der Waals surface area contributed by atoms with Gasteiger partial charge in [-0.15, -0.1) is 0 Å². The normalized spacial score (nSPS) is 10.4. The lowest BCUT2D eigenvalue weighted by molar-refractivity contribution is -0.394. The molecule has 0 atom stereocenters. The van der Waals surface area contributed by atoms with Crippen molar-refractivity contribution in [3.63, 3.8) is 0 Å². The molecule has 0 aliphatic carbocycles. The predicted octanol–water partition coefficient (Wildman–Crippen LogP) is 1.87. The molecule has 2 aromatic rings. The number of carbonyl (C=O) groups excluding carboxylic acids is 1. The SMILES string of the molecule is O=C(Cn1nc([N+](=O)[O-])nc1Br)Nc1ccc(F)cc1F. The summed E-state index contributed by atoms with van der Waals surface area (Å²) >= 11 is 2.90. The smallest absolute Gasteiger partial charge is 0.390 e. The van der Waals surface area contributed by atoms with Crippen LogP contribution in [0.1, 0.15) is 0 Å². The molecule has 11 heteroatoms. The van der Waals surface area contributed by atoms with Crippen molar-refractivity contribution in [2.75, 3.05) is 5.32 Å². The molecule has 0 spiro atoms. The summed E-state index contributed by atoms with van der Waals surface area (Å²) in [5.74, 6) is -3.10. The molecule has 1 N–H and O–H groups in total. The number of hydrogen-bond donors (Lipinski definition) is 1. The fourth-order valence-corrected chi connectivity index (χ4v) is 1.77. The van der Waals surface area contributed by atoms with E-state index in [1.807, 2.05) is 0 Å². The first kappa shape index (κ1) is 15.0. The van der Waals surface area contributed by atoms with Crippen LogP contribution in [0, 0.1) is 21.7 Å². The second-order valence-electron chi connectivity index (χ2n) is 3.77. The lowest BCUT2D eigenvalue weighted by Gasteiger charge is -2.05. The van der Waals surface area contributed by atoms with E-state index >= 15 is 0 Å². The van der Waals surface area contributed by atoms with Crippen LogP contribution in [0.3, 0.4) is 0 Å². The third-order valence-electron chi connectivity index (χ3n) is 2.28. The number of nitro groups is 1. The van der Waals surface area contributed by atoms with Crippen molar-refractivity contribution < 1.29 is 18.5 Å². The van der Waals surface area contributed by atoms with Crippen molar-refractivity contribution in [3.05, 3.63) is 44.7 Å². The van der Waals surface area contributed by atoms with E-state index in [0.29, 0.717) is 6.07 Å². The largest absolute Gasteiger partial charge is 0.492 e. The molecule has 21 heavy (non-hydrogen) atoms. The monoisotopic (exact) mass is 361 g/mol. The van der Waals surface area contributed by atoms with Gasteiger partial charge in [0.05, 0.1) is 5.69 Å². The summed E-state index contributed by atoms with van der Waals surface area (Å²) in [6, 6.07) is 2.65. The van der Waals surface area contributed by atoms with Crippen molar-refractivity contribution in [2.45, 2.75) is 6.54 Å². The summed E-state index contributed by atoms with van der Waals surface area (Å²) in [6.07, 6.45) is 0. The Labute approximate surface area is 124 Å². The van der Waals surface area contributed by atoms with Crippen LogP contribution >= 0.6 is 15.9 Å². The van der Waals surface area contributed by atoms with Crippen LogP contribution in [0.4, 0.5) is 20.4 Å². The van der Waals surface area contributed by atoms with Crippen LogP contribution in [0.5, 0.6) is 0 Å². The van der Waals surface area contributed by atoms with E-state index in [2.05, 4.69) is 31.3 Å². The van der Waals surface area contributed by atoms with Crippen LogP contribution in [-0.4, -0.2) is 25.6 Å². The minimum Gasteiger partial charge on any atom is -0.390 e. The molecule has 0 radical (unpaired) electrons. The molecule has 0 aliphatic heterocycles. The van der Waals surface area contributed by atoms with Gasteiger partial charge in [-0.1, -0.05) is 0 Å². The maximum Gasteiger partial charge on any atom is 0.492 e. The van der Waals surface area contributed by atoms with E-state index in [9.17, 15) is 23.7 Å². The number of aromatic nitrogens is 3. The highest BCUT2D eigenvalue weighted by Crippen LogP contribution is 2.16. The Hall–Kier alpha value is -2.43. The molecular formula is C10H6BrF2N5O3. The minimum absolute atomic E-state index is 0.0241. The number of amides is 1. The predicted molar refractivity (Wildman–Crippen MR) is 69.4 cm³/mol. The molecule has 1 heterocycles. The lowest BCUT2D eigenvalue weighted by atomic mass is 10.3. The topological polar surface area (TPSA) is 103 Å². The summed E-state index contributed by atoms with van der Waals surface area (Å²) in [4.78, 5) is 24.8. The maximum absolute atomic E-state index is 13.4. The van der Waals surface area contributed by atoms with Gasteiger partial charge in [0.2, 0.25) is 5.91 Å². The van der Waals surface area contributed by atoms with E-state index in [1.54, 1.807) is 0 Å². The molecule has 110 valence electrons. The number of rotatable bonds is 4. The Morgan fingerprint density at radius 1 is 1.48 bits per heavy atom. The number of halogens is 3. The second kappa shape index (κ2) is 5.91. The zero-order valence-corrected chi connectivity index (χ0v) is 11.7. The highest BCUT2D eigenvalue weighted by Gasteiger charge is 2.21. The van der Waals surface area contributed by atoms with Gasteiger partial charge in [0.25, 0.3) is 4.73 Å². The first-order valence-electron chi connectivity index (χ1n) is 5.36. The molecule has 1 amide bonds. The third kappa shape index (κ3) is 3.56. The van der Waals surface area contributed by atoms with Gasteiger partial charge >= 0.3 is 5.95 Å². The van der Waals surface area contributed by atoms with Gasteiger partial charge < -0.3 is 15.4 Å². The molecule has 0 unspecified atom stereocenters. The molecule has 0 saturated carbocycles. The highest BCUT2D eigenvalue weighted by atomic mass is 79.9. The summed E-state index contributed by atoms with van der Waals surface area (Å²) in [5, 5.41) is 16.1. The molecule has 0 fully saturated rings. The van der Waals surface area contributed by atoms with Gasteiger partial charge in [-0.2, -0.15) is 4.68 Å². The highest BCUT2D eigenvalue weighted by molar-refractivity contribution is 9.10. The van der Waals surface area contributed by atoms with Crippen LogP contribution in [-0.2, 0) is 11.3 Å². The quantitative estimate of drug-likeness (QED) is 0.661. The Bertz CT molecular complexity index is 721. The number of carbonyl (C=O) groups is 1. The number of nitrogens with zero attached hydrogens (tertiary/aromatic N) is 4. The average molecular weight is 362 g/mol. The molecule has 8 nitrogen and oxygen atoms in total. The van der Waals surface area contributed by atoms with Gasteiger partial charge in [0.15, 0.2) is 0 Å². The van der Waals surface area contributed by atoms with Crippen LogP contribution in [0.15, 0.2) is 22.9 Å². The molecule has 0 bridgehead atoms. The Kier molecular flexibility index (Phi) is 4.21. The van der Waals surface area contributed by atoms with Crippen molar-refractivity contribution in [2.24, 2.45) is 0 Å². The lowest BCUT2D eigenvalue weighted by Crippen LogP contribution is -2.20. The molecule has 1 aromatic carbocycles. The van der Waals surface area contributed by atoms with E-state index in [-0.39, 0.29) is 10.4 Å². The second-order valence-corrected chi connectivity index (χ2v) is 4.48. The average Bonchev–Trinajstić information content (AvgIpc) is 2.75. The van der Waals surface area contributed by atoms with Crippen molar-refractivity contribution in [3.8, 4) is 0 Å². The van der Waals surface area contributed by atoms with Crippen molar-refractivity contribution in [1.82, 2.24) is 14.8 Å². The summed E-state index contributed by atoms with van der Waals surface area (Å²) < 4.78 is 27.0. The van der Waals surface area contributed by atoms with Crippen molar-refractivity contribution >= 4 is 33.5 Å². The molecule has 2 rings (SSSR count). The van der Waals surface area contributed by atoms with Crippen LogP contribution in [0.25, 0.3) is 0 Å². The Morgan fingerprint density at radius 3 is 2.76 bits per heavy atom. The van der Waals surface area contributed by atoms with E-state index in [4.69, 9.17) is 0 Å². The van der Waals surface area contributed by atoms with Crippen LogP contribution in [0.2, 0.25) is 0 Å². The molecule has 0 saturated heterocycles. The fourth-order valence-electron chi connectivity index (χ4n) is 1.41. The van der Waals surface area contributed by atoms with Gasteiger partial charge in [-0.3, -0.25) is 4.79 Å².